The lowest BCUT2D eigenvalue weighted by Gasteiger charge is -2.40. The summed E-state index contributed by atoms with van der Waals surface area (Å²) in [7, 11) is 1.77. The van der Waals surface area contributed by atoms with Crippen molar-refractivity contribution in [2.75, 3.05) is 46.5 Å². The zero-order chi connectivity index (χ0) is 15.1. The van der Waals surface area contributed by atoms with Gasteiger partial charge < -0.3 is 9.47 Å². The Morgan fingerprint density at radius 1 is 1.29 bits per heavy atom. The maximum Gasteiger partial charge on any atom is 0.294 e. The van der Waals surface area contributed by atoms with Gasteiger partial charge in [0.15, 0.2) is 0 Å². The molecule has 0 bridgehead atoms. The van der Waals surface area contributed by atoms with Crippen molar-refractivity contribution in [1.82, 2.24) is 20.0 Å². The number of rotatable bonds is 8. The third-order valence-electron chi connectivity index (χ3n) is 3.82. The highest BCUT2D eigenvalue weighted by atomic mass is 32.1. The Bertz CT molecular complexity index is 415. The lowest BCUT2D eigenvalue weighted by molar-refractivity contribution is 0.0464. The van der Waals surface area contributed by atoms with Crippen LogP contribution in [0.1, 0.15) is 25.3 Å². The molecule has 2 rings (SSSR count). The molecule has 0 spiro atoms. The van der Waals surface area contributed by atoms with Gasteiger partial charge in [-0.05, 0) is 13.3 Å². The monoisotopic (exact) mass is 314 g/mol. The molecule has 120 valence electrons. The fraction of sp³-hybridized carbons (Fsp3) is 0.857. The molecule has 0 unspecified atom stereocenters. The highest BCUT2D eigenvalue weighted by Gasteiger charge is 2.26. The second kappa shape index (κ2) is 8.63. The minimum Gasteiger partial charge on any atom is -0.469 e. The summed E-state index contributed by atoms with van der Waals surface area (Å²) in [5.41, 5.74) is 0. The van der Waals surface area contributed by atoms with E-state index in [1.54, 1.807) is 18.4 Å². The van der Waals surface area contributed by atoms with Gasteiger partial charge in [-0.1, -0.05) is 18.3 Å². The van der Waals surface area contributed by atoms with Crippen LogP contribution in [0, 0.1) is 0 Å². The van der Waals surface area contributed by atoms with Crippen molar-refractivity contribution < 1.29 is 9.47 Å². The van der Waals surface area contributed by atoms with Crippen LogP contribution in [0.2, 0.25) is 0 Å². The normalized spacial score (nSPS) is 20.8. The molecule has 7 heteroatoms. The lowest BCUT2D eigenvalue weighted by atomic mass is 10.1. The van der Waals surface area contributed by atoms with Gasteiger partial charge in [0.2, 0.25) is 0 Å². The van der Waals surface area contributed by atoms with Gasteiger partial charge in [-0.3, -0.25) is 9.80 Å². The number of aromatic nitrogens is 2. The van der Waals surface area contributed by atoms with E-state index in [0.717, 1.165) is 44.3 Å². The van der Waals surface area contributed by atoms with Crippen molar-refractivity contribution in [3.8, 4) is 5.19 Å². The van der Waals surface area contributed by atoms with E-state index < -0.39 is 0 Å². The third kappa shape index (κ3) is 4.88. The summed E-state index contributed by atoms with van der Waals surface area (Å²) in [4.78, 5) is 5.00. The van der Waals surface area contributed by atoms with Crippen molar-refractivity contribution in [2.24, 2.45) is 0 Å². The van der Waals surface area contributed by atoms with E-state index in [2.05, 4.69) is 26.9 Å². The standard InChI is InChI=1S/C14H26N4O2S/c1-4-12-10-17(6-7-18(12)8-9-19-3)11-13-15-16-14(21-13)20-5-2/h12H,4-11H2,1-3H3/t12-/m0/s1. The molecule has 6 nitrogen and oxygen atoms in total. The molecule has 2 heterocycles. The average Bonchev–Trinajstić information content (AvgIpc) is 2.93. The molecule has 1 saturated heterocycles. The lowest BCUT2D eigenvalue weighted by Crippen LogP contribution is -2.53. The van der Waals surface area contributed by atoms with E-state index in [1.165, 1.54) is 6.42 Å². The van der Waals surface area contributed by atoms with Gasteiger partial charge >= 0.3 is 0 Å². The van der Waals surface area contributed by atoms with Crippen LogP contribution in [-0.2, 0) is 11.3 Å². The van der Waals surface area contributed by atoms with Crippen LogP contribution in [-0.4, -0.2) is 72.5 Å². The quantitative estimate of drug-likeness (QED) is 0.724. The minimum atomic E-state index is 0.605. The SMILES string of the molecule is CCOc1nnc(CN2CCN(CCOC)[C@@H](CC)C2)s1. The summed E-state index contributed by atoms with van der Waals surface area (Å²) in [6.45, 7) is 10.8. The predicted molar refractivity (Wildman–Crippen MR) is 83.9 cm³/mol. The van der Waals surface area contributed by atoms with Gasteiger partial charge in [0, 0.05) is 39.3 Å². The second-order valence-corrected chi connectivity index (χ2v) is 6.25. The average molecular weight is 314 g/mol. The smallest absolute Gasteiger partial charge is 0.294 e. The van der Waals surface area contributed by atoms with Crippen molar-refractivity contribution in [3.63, 3.8) is 0 Å². The van der Waals surface area contributed by atoms with Crippen LogP contribution >= 0.6 is 11.3 Å². The van der Waals surface area contributed by atoms with Gasteiger partial charge in [-0.25, -0.2) is 0 Å². The molecule has 1 fully saturated rings. The Balaban J connectivity index is 1.84. The molecule has 0 radical (unpaired) electrons. The molecule has 0 saturated carbocycles. The van der Waals surface area contributed by atoms with Crippen molar-refractivity contribution in [3.05, 3.63) is 5.01 Å². The number of hydrogen-bond donors (Lipinski definition) is 0. The first-order valence-corrected chi connectivity index (χ1v) is 8.49. The van der Waals surface area contributed by atoms with Crippen molar-refractivity contribution >= 4 is 11.3 Å². The molecule has 1 atom stereocenters. The molecule has 21 heavy (non-hydrogen) atoms. The van der Waals surface area contributed by atoms with Crippen LogP contribution in [0.4, 0.5) is 0 Å². The van der Waals surface area contributed by atoms with Gasteiger partial charge in [-0.15, -0.1) is 10.2 Å². The van der Waals surface area contributed by atoms with Crippen molar-refractivity contribution in [2.45, 2.75) is 32.9 Å². The molecular weight excluding hydrogens is 288 g/mol. The first-order chi connectivity index (χ1) is 10.3. The molecule has 1 aromatic rings. The van der Waals surface area contributed by atoms with Gasteiger partial charge in [0.05, 0.1) is 19.8 Å². The van der Waals surface area contributed by atoms with Crippen LogP contribution in [0.5, 0.6) is 5.19 Å². The van der Waals surface area contributed by atoms with E-state index >= 15 is 0 Å². The van der Waals surface area contributed by atoms with Gasteiger partial charge in [0.1, 0.15) is 5.01 Å². The molecule has 0 aromatic carbocycles. The van der Waals surface area contributed by atoms with E-state index in [0.29, 0.717) is 17.8 Å². The molecular formula is C14H26N4O2S. The Hall–Kier alpha value is -0.760. The topological polar surface area (TPSA) is 50.7 Å². The summed E-state index contributed by atoms with van der Waals surface area (Å²) < 4.78 is 10.6. The number of piperazine rings is 1. The number of nitrogens with zero attached hydrogens (tertiary/aromatic N) is 4. The fourth-order valence-corrected chi connectivity index (χ4v) is 3.46. The summed E-state index contributed by atoms with van der Waals surface area (Å²) in [5, 5.41) is 9.99. The zero-order valence-electron chi connectivity index (χ0n) is 13.2. The maximum absolute atomic E-state index is 5.38. The second-order valence-electron chi connectivity index (χ2n) is 5.22. The van der Waals surface area contributed by atoms with Crippen molar-refractivity contribution in [1.29, 1.82) is 0 Å². The summed E-state index contributed by atoms with van der Waals surface area (Å²) >= 11 is 1.55. The molecule has 0 N–H and O–H groups in total. The van der Waals surface area contributed by atoms with Crippen LogP contribution in [0.25, 0.3) is 0 Å². The number of ether oxygens (including phenoxy) is 2. The Morgan fingerprint density at radius 3 is 2.86 bits per heavy atom. The predicted octanol–water partition coefficient (Wildman–Crippen LogP) is 1.48. The van der Waals surface area contributed by atoms with E-state index in [-0.39, 0.29) is 0 Å². The molecule has 1 aromatic heterocycles. The van der Waals surface area contributed by atoms with Gasteiger partial charge in [0.25, 0.3) is 5.19 Å². The van der Waals surface area contributed by atoms with E-state index in [4.69, 9.17) is 9.47 Å². The van der Waals surface area contributed by atoms with E-state index in [9.17, 15) is 0 Å². The summed E-state index contributed by atoms with van der Waals surface area (Å²) in [6.07, 6.45) is 1.17. The molecule has 1 aliphatic heterocycles. The first kappa shape index (κ1) is 16.6. The third-order valence-corrected chi connectivity index (χ3v) is 4.64. The fourth-order valence-electron chi connectivity index (χ4n) is 2.67. The molecule has 0 aliphatic carbocycles. The highest BCUT2D eigenvalue weighted by Crippen LogP contribution is 2.21. The van der Waals surface area contributed by atoms with Crippen LogP contribution in [0.3, 0.4) is 0 Å². The molecule has 0 amide bonds. The zero-order valence-corrected chi connectivity index (χ0v) is 14.1. The largest absolute Gasteiger partial charge is 0.469 e. The summed E-state index contributed by atoms with van der Waals surface area (Å²) in [5.74, 6) is 0. The highest BCUT2D eigenvalue weighted by molar-refractivity contribution is 7.13. The van der Waals surface area contributed by atoms with Gasteiger partial charge in [-0.2, -0.15) is 0 Å². The Kier molecular flexibility index (Phi) is 6.82. The number of methoxy groups -OCH3 is 1. The number of hydrogen-bond acceptors (Lipinski definition) is 7. The maximum atomic E-state index is 5.38. The van der Waals surface area contributed by atoms with E-state index in [1.807, 2.05) is 6.92 Å². The summed E-state index contributed by atoms with van der Waals surface area (Å²) in [6, 6.07) is 0.605. The first-order valence-electron chi connectivity index (χ1n) is 7.67. The van der Waals surface area contributed by atoms with Crippen LogP contribution < -0.4 is 4.74 Å². The Morgan fingerprint density at radius 2 is 2.14 bits per heavy atom. The van der Waals surface area contributed by atoms with Crippen LogP contribution in [0.15, 0.2) is 0 Å². The minimum absolute atomic E-state index is 0.605. The molecule has 1 aliphatic rings. The Labute approximate surface area is 131 Å².